The zero-order valence-corrected chi connectivity index (χ0v) is 22.2. The van der Waals surface area contributed by atoms with Gasteiger partial charge in [-0.15, -0.1) is 0 Å². The molecule has 2 heterocycles. The fourth-order valence-corrected chi connectivity index (χ4v) is 5.40. The highest BCUT2D eigenvalue weighted by Gasteiger charge is 2.37. The number of halogens is 1. The number of hydrogen-bond acceptors (Lipinski definition) is 5. The van der Waals surface area contributed by atoms with Crippen LogP contribution in [-0.4, -0.2) is 41.1 Å². The van der Waals surface area contributed by atoms with Gasteiger partial charge in [0.25, 0.3) is 11.1 Å². The predicted molar refractivity (Wildman–Crippen MR) is 145 cm³/mol. The number of carbonyl (C=O) groups is 3. The highest BCUT2D eigenvalue weighted by Crippen LogP contribution is 2.42. The van der Waals surface area contributed by atoms with E-state index in [1.807, 2.05) is 58.2 Å². The second-order valence-electron chi connectivity index (χ2n) is 9.57. The number of anilines is 2. The van der Waals surface area contributed by atoms with Crippen molar-refractivity contribution < 1.29 is 14.4 Å². The first-order valence-electron chi connectivity index (χ1n) is 11.3. The molecule has 1 fully saturated rings. The van der Waals surface area contributed by atoms with Gasteiger partial charge < -0.3 is 10.2 Å². The van der Waals surface area contributed by atoms with Crippen LogP contribution in [0.25, 0.3) is 11.6 Å². The number of carbonyl (C=O) groups excluding carboxylic acids is 3. The number of aryl methyl sites for hydroxylation is 2. The average Bonchev–Trinajstić information content (AvgIpc) is 3.02. The Morgan fingerprint density at radius 1 is 1.14 bits per heavy atom. The van der Waals surface area contributed by atoms with E-state index in [4.69, 9.17) is 11.6 Å². The molecule has 2 aliphatic heterocycles. The number of fused-ring (bicyclic) bond motifs is 1. The number of rotatable bonds is 4. The zero-order chi connectivity index (χ0) is 25.7. The number of likely N-dealkylation sites (N-methyl/N-ethyl adjacent to an activating group) is 1. The Labute approximate surface area is 215 Å². The first kappa shape index (κ1) is 25.1. The minimum atomic E-state index is -0.505. The molecular formula is C27H28ClN3O3S. The molecule has 35 heavy (non-hydrogen) atoms. The molecule has 182 valence electrons. The van der Waals surface area contributed by atoms with Crippen LogP contribution in [0.5, 0.6) is 0 Å². The van der Waals surface area contributed by atoms with Crippen LogP contribution in [0, 0.1) is 13.8 Å². The van der Waals surface area contributed by atoms with Crippen LogP contribution in [0.15, 0.2) is 41.3 Å². The van der Waals surface area contributed by atoms with E-state index in [-0.39, 0.29) is 17.0 Å². The van der Waals surface area contributed by atoms with Crippen LogP contribution in [0.1, 0.15) is 43.0 Å². The fourth-order valence-electron chi connectivity index (χ4n) is 4.36. The van der Waals surface area contributed by atoms with Gasteiger partial charge in [0, 0.05) is 29.0 Å². The van der Waals surface area contributed by atoms with Crippen LogP contribution < -0.4 is 10.2 Å². The third-order valence-electron chi connectivity index (χ3n) is 6.45. The summed E-state index contributed by atoms with van der Waals surface area (Å²) in [6, 6.07) is 9.49. The number of imide groups is 1. The van der Waals surface area contributed by atoms with Gasteiger partial charge in [0.15, 0.2) is 0 Å². The maximum atomic E-state index is 13.0. The SMILES string of the molecule is CC1=CC(C)(C)N(C)c2cc(Cl)c(/C=C3/SC(=O)N(CC(=O)Nc4ccc(C)cc4C)C3=O)cc21. The van der Waals surface area contributed by atoms with Crippen molar-refractivity contribution in [1.29, 1.82) is 0 Å². The van der Waals surface area contributed by atoms with Gasteiger partial charge >= 0.3 is 0 Å². The van der Waals surface area contributed by atoms with Crippen LogP contribution in [-0.2, 0) is 9.59 Å². The van der Waals surface area contributed by atoms with Gasteiger partial charge in [0.05, 0.1) is 10.4 Å². The molecule has 4 rings (SSSR count). The van der Waals surface area contributed by atoms with E-state index in [1.54, 1.807) is 6.08 Å². The number of allylic oxidation sites excluding steroid dienone is 1. The maximum absolute atomic E-state index is 13.0. The summed E-state index contributed by atoms with van der Waals surface area (Å²) in [6.07, 6.45) is 3.82. The van der Waals surface area contributed by atoms with Crippen molar-refractivity contribution in [3.63, 3.8) is 0 Å². The topological polar surface area (TPSA) is 69.7 Å². The van der Waals surface area contributed by atoms with Crippen molar-refractivity contribution in [2.24, 2.45) is 0 Å². The summed E-state index contributed by atoms with van der Waals surface area (Å²) in [4.78, 5) is 41.5. The van der Waals surface area contributed by atoms with Gasteiger partial charge in [0.1, 0.15) is 6.54 Å². The first-order valence-corrected chi connectivity index (χ1v) is 12.5. The fraction of sp³-hybridized carbons (Fsp3) is 0.296. The summed E-state index contributed by atoms with van der Waals surface area (Å²) in [6.45, 7) is 9.82. The number of amides is 3. The van der Waals surface area contributed by atoms with E-state index in [2.05, 4.69) is 30.1 Å². The standard InChI is InChI=1S/C27H28ClN3O3S/c1-15-7-8-21(16(2)9-15)29-24(32)14-31-25(33)23(35-26(31)34)11-18-10-19-17(3)13-27(4,5)30(6)22(19)12-20(18)28/h7-13H,14H2,1-6H3,(H,29,32)/b23-11+. The Balaban J connectivity index is 1.55. The molecule has 2 aromatic carbocycles. The molecule has 8 heteroatoms. The lowest BCUT2D eigenvalue weighted by atomic mass is 9.88. The monoisotopic (exact) mass is 509 g/mol. The van der Waals surface area contributed by atoms with Gasteiger partial charge in [-0.2, -0.15) is 0 Å². The Morgan fingerprint density at radius 3 is 2.54 bits per heavy atom. The van der Waals surface area contributed by atoms with Crippen molar-refractivity contribution in [2.45, 2.75) is 40.2 Å². The summed E-state index contributed by atoms with van der Waals surface area (Å²) in [7, 11) is 2.02. The minimum Gasteiger partial charge on any atom is -0.365 e. The maximum Gasteiger partial charge on any atom is 0.294 e. The molecule has 1 saturated heterocycles. The summed E-state index contributed by atoms with van der Waals surface area (Å²) in [5.74, 6) is -0.936. The Hall–Kier alpha value is -3.03. The zero-order valence-electron chi connectivity index (χ0n) is 20.7. The highest BCUT2D eigenvalue weighted by atomic mass is 35.5. The smallest absolute Gasteiger partial charge is 0.294 e. The Kier molecular flexibility index (Phi) is 6.60. The molecule has 0 aromatic heterocycles. The van der Waals surface area contributed by atoms with E-state index in [0.29, 0.717) is 16.3 Å². The Bertz CT molecular complexity index is 1330. The minimum absolute atomic E-state index is 0.151. The summed E-state index contributed by atoms with van der Waals surface area (Å²) in [5, 5.41) is 2.79. The quantitative estimate of drug-likeness (QED) is 0.492. The van der Waals surface area contributed by atoms with Crippen LogP contribution in [0.2, 0.25) is 5.02 Å². The van der Waals surface area contributed by atoms with Gasteiger partial charge in [-0.1, -0.05) is 35.4 Å². The molecule has 3 amide bonds. The largest absolute Gasteiger partial charge is 0.365 e. The lowest BCUT2D eigenvalue weighted by Crippen LogP contribution is -2.42. The van der Waals surface area contributed by atoms with Gasteiger partial charge in [-0.25, -0.2) is 0 Å². The normalized spacial score (nSPS) is 18.1. The molecular weight excluding hydrogens is 482 g/mol. The third-order valence-corrected chi connectivity index (χ3v) is 7.69. The van der Waals surface area contributed by atoms with Crippen molar-refractivity contribution >= 4 is 63.4 Å². The number of nitrogens with one attached hydrogen (secondary N) is 1. The summed E-state index contributed by atoms with van der Waals surface area (Å²) >= 11 is 7.40. The molecule has 0 unspecified atom stereocenters. The van der Waals surface area contributed by atoms with E-state index in [1.165, 1.54) is 0 Å². The van der Waals surface area contributed by atoms with E-state index < -0.39 is 17.1 Å². The lowest BCUT2D eigenvalue weighted by Gasteiger charge is -2.40. The second-order valence-corrected chi connectivity index (χ2v) is 11.0. The molecule has 0 bridgehead atoms. The van der Waals surface area contributed by atoms with Crippen molar-refractivity contribution in [3.05, 3.63) is 68.6 Å². The van der Waals surface area contributed by atoms with Crippen LogP contribution in [0.3, 0.4) is 0 Å². The number of thioether (sulfide) groups is 1. The molecule has 2 aliphatic rings. The molecule has 0 saturated carbocycles. The van der Waals surface area contributed by atoms with Crippen molar-refractivity contribution in [2.75, 3.05) is 23.8 Å². The number of benzene rings is 2. The molecule has 1 N–H and O–H groups in total. The van der Waals surface area contributed by atoms with Gasteiger partial charge in [0.2, 0.25) is 5.91 Å². The van der Waals surface area contributed by atoms with Crippen molar-refractivity contribution in [3.8, 4) is 0 Å². The predicted octanol–water partition coefficient (Wildman–Crippen LogP) is 6.26. The molecule has 0 spiro atoms. The second kappa shape index (κ2) is 9.21. The van der Waals surface area contributed by atoms with Gasteiger partial charge in [-0.3, -0.25) is 19.3 Å². The van der Waals surface area contributed by atoms with Gasteiger partial charge in [-0.05, 0) is 87.4 Å². The summed E-state index contributed by atoms with van der Waals surface area (Å²) < 4.78 is 0. The van der Waals surface area contributed by atoms with Crippen LogP contribution >= 0.6 is 23.4 Å². The molecule has 2 aromatic rings. The van der Waals surface area contributed by atoms with Crippen molar-refractivity contribution in [1.82, 2.24) is 4.90 Å². The number of hydrogen-bond donors (Lipinski definition) is 1. The first-order chi connectivity index (χ1) is 16.4. The van der Waals surface area contributed by atoms with Crippen LogP contribution in [0.4, 0.5) is 16.2 Å². The number of nitrogens with zero attached hydrogens (tertiary/aromatic N) is 2. The highest BCUT2D eigenvalue weighted by molar-refractivity contribution is 8.18. The van der Waals surface area contributed by atoms with E-state index in [9.17, 15) is 14.4 Å². The molecule has 6 nitrogen and oxygen atoms in total. The average molecular weight is 510 g/mol. The lowest BCUT2D eigenvalue weighted by molar-refractivity contribution is -0.127. The van der Waals surface area contributed by atoms with E-state index >= 15 is 0 Å². The molecule has 0 aliphatic carbocycles. The van der Waals surface area contributed by atoms with E-state index in [0.717, 1.165) is 44.6 Å². The molecule has 0 radical (unpaired) electrons. The molecule has 0 atom stereocenters. The third kappa shape index (κ3) is 4.88. The summed E-state index contributed by atoms with van der Waals surface area (Å²) in [5.41, 5.74) is 6.29. The Morgan fingerprint density at radius 2 is 1.86 bits per heavy atom.